The van der Waals surface area contributed by atoms with E-state index in [-0.39, 0.29) is 35.7 Å². The number of amides is 1. The van der Waals surface area contributed by atoms with Crippen molar-refractivity contribution in [2.45, 2.75) is 50.1 Å². The van der Waals surface area contributed by atoms with Gasteiger partial charge >= 0.3 is 0 Å². The van der Waals surface area contributed by atoms with E-state index in [1.165, 1.54) is 17.7 Å². The number of hydrogen-bond acceptors (Lipinski definition) is 7. The molecule has 3 aliphatic rings. The molecule has 2 fully saturated rings. The molecular weight excluding hydrogens is 484 g/mol. The van der Waals surface area contributed by atoms with Crippen LogP contribution in [-0.4, -0.2) is 82.6 Å². The highest BCUT2D eigenvalue weighted by atomic mass is 35.5. The molecule has 0 aromatic heterocycles. The van der Waals surface area contributed by atoms with Crippen molar-refractivity contribution in [1.29, 1.82) is 0 Å². The zero-order chi connectivity index (χ0) is 25.3. The fraction of sp³-hybridized carbons (Fsp3) is 0.519. The second kappa shape index (κ2) is 10.6. The van der Waals surface area contributed by atoms with Crippen molar-refractivity contribution in [3.8, 4) is 11.5 Å². The van der Waals surface area contributed by atoms with E-state index in [1.54, 1.807) is 11.0 Å². The van der Waals surface area contributed by atoms with Crippen LogP contribution in [0.25, 0.3) is 0 Å². The molecule has 0 radical (unpaired) electrons. The maximum Gasteiger partial charge on any atom is 0.257 e. The number of aromatic hydroxyl groups is 1. The Labute approximate surface area is 216 Å². The van der Waals surface area contributed by atoms with Crippen molar-refractivity contribution in [3.63, 3.8) is 0 Å². The number of benzene rings is 2. The van der Waals surface area contributed by atoms with Crippen molar-refractivity contribution in [1.82, 2.24) is 9.80 Å². The minimum Gasteiger partial charge on any atom is -0.508 e. The van der Waals surface area contributed by atoms with E-state index >= 15 is 0 Å². The van der Waals surface area contributed by atoms with Crippen LogP contribution >= 0.6 is 11.6 Å². The van der Waals surface area contributed by atoms with Gasteiger partial charge in [0.1, 0.15) is 24.2 Å². The number of phenolic OH excluding ortho intramolecular Hbond substituents is 1. The number of hydrogen-bond donors (Lipinski definition) is 3. The molecule has 3 N–H and O–H groups in total. The van der Waals surface area contributed by atoms with Gasteiger partial charge in [-0.25, -0.2) is 0 Å². The molecule has 194 valence electrons. The lowest BCUT2D eigenvalue weighted by Crippen LogP contribution is -2.46. The summed E-state index contributed by atoms with van der Waals surface area (Å²) in [6.45, 7) is 3.54. The number of rotatable bonds is 6. The fourth-order valence-electron chi connectivity index (χ4n) is 5.51. The van der Waals surface area contributed by atoms with Crippen LogP contribution in [0.1, 0.15) is 47.2 Å². The average molecular weight is 517 g/mol. The van der Waals surface area contributed by atoms with Crippen LogP contribution in [0.2, 0.25) is 5.02 Å². The molecule has 3 heterocycles. The maximum absolute atomic E-state index is 13.0. The number of carbonyl (C=O) groups excluding carboxylic acids is 1. The van der Waals surface area contributed by atoms with Crippen LogP contribution in [0.3, 0.4) is 0 Å². The van der Waals surface area contributed by atoms with E-state index in [9.17, 15) is 20.1 Å². The molecule has 5 rings (SSSR count). The van der Waals surface area contributed by atoms with E-state index in [0.29, 0.717) is 44.6 Å². The van der Waals surface area contributed by atoms with Gasteiger partial charge in [-0.3, -0.25) is 4.79 Å². The van der Waals surface area contributed by atoms with Crippen molar-refractivity contribution < 1.29 is 29.6 Å². The predicted octanol–water partition coefficient (Wildman–Crippen LogP) is 2.90. The van der Waals surface area contributed by atoms with E-state index < -0.39 is 6.10 Å². The van der Waals surface area contributed by atoms with Gasteiger partial charge in [-0.05, 0) is 61.1 Å². The summed E-state index contributed by atoms with van der Waals surface area (Å²) in [4.78, 5) is 16.9. The number of β-amino-alcohol motifs (C(OH)–C–C–N with tert-alkyl or cyclic N) is 1. The van der Waals surface area contributed by atoms with Gasteiger partial charge in [0.25, 0.3) is 5.91 Å². The number of likely N-dealkylation sites (tertiary alicyclic amines) is 2. The fourth-order valence-corrected chi connectivity index (χ4v) is 5.71. The molecule has 1 atom stereocenters. The number of aliphatic hydroxyl groups is 2. The molecule has 2 aromatic carbocycles. The Bertz CT molecular complexity index is 1100. The molecule has 3 aliphatic heterocycles. The van der Waals surface area contributed by atoms with Crippen LogP contribution in [-0.2, 0) is 16.9 Å². The van der Waals surface area contributed by atoms with Crippen LogP contribution in [0.15, 0.2) is 36.4 Å². The molecule has 2 aromatic rings. The van der Waals surface area contributed by atoms with Gasteiger partial charge in [0, 0.05) is 43.8 Å². The van der Waals surface area contributed by atoms with Gasteiger partial charge in [-0.2, -0.15) is 0 Å². The Morgan fingerprint density at radius 1 is 1.14 bits per heavy atom. The van der Waals surface area contributed by atoms with E-state index in [4.69, 9.17) is 21.1 Å². The Hall–Kier alpha value is -2.36. The molecule has 0 aliphatic carbocycles. The summed E-state index contributed by atoms with van der Waals surface area (Å²) < 4.78 is 12.1. The molecule has 1 spiro atoms. The van der Waals surface area contributed by atoms with Crippen molar-refractivity contribution >= 4 is 17.5 Å². The first-order valence-corrected chi connectivity index (χ1v) is 13.0. The van der Waals surface area contributed by atoms with Crippen molar-refractivity contribution in [2.24, 2.45) is 0 Å². The Balaban J connectivity index is 1.15. The van der Waals surface area contributed by atoms with Gasteiger partial charge in [-0.15, -0.1) is 0 Å². The summed E-state index contributed by atoms with van der Waals surface area (Å²) in [7, 11) is 0. The number of fused-ring (bicyclic) bond motifs is 2. The molecule has 1 amide bonds. The first-order chi connectivity index (χ1) is 17.3. The van der Waals surface area contributed by atoms with Crippen molar-refractivity contribution in [2.75, 3.05) is 39.3 Å². The molecule has 0 saturated carbocycles. The number of nitrogens with zero attached hydrogens (tertiary/aromatic N) is 2. The van der Waals surface area contributed by atoms with Crippen LogP contribution in [0.4, 0.5) is 0 Å². The number of halogens is 1. The third-order valence-electron chi connectivity index (χ3n) is 7.57. The minimum atomic E-state index is -0.759. The Morgan fingerprint density at radius 3 is 2.64 bits per heavy atom. The van der Waals surface area contributed by atoms with Gasteiger partial charge in [-0.1, -0.05) is 17.7 Å². The molecular formula is C27H33ClN2O6. The molecule has 2 saturated heterocycles. The third-order valence-corrected chi connectivity index (χ3v) is 7.81. The smallest absolute Gasteiger partial charge is 0.257 e. The highest BCUT2D eigenvalue weighted by Gasteiger charge is 2.42. The lowest BCUT2D eigenvalue weighted by Gasteiger charge is -2.39. The zero-order valence-electron chi connectivity index (χ0n) is 20.2. The van der Waals surface area contributed by atoms with E-state index in [1.807, 2.05) is 12.1 Å². The number of aliphatic hydroxyl groups excluding tert-OH is 2. The lowest BCUT2D eigenvalue weighted by atomic mass is 9.84. The normalized spacial score (nSPS) is 20.9. The number of ether oxygens (including phenoxy) is 2. The number of carbonyl (C=O) groups is 1. The van der Waals surface area contributed by atoms with Gasteiger partial charge in [0.05, 0.1) is 23.9 Å². The second-order valence-electron chi connectivity index (χ2n) is 10.1. The summed E-state index contributed by atoms with van der Waals surface area (Å²) in [5.74, 6) is 0.0350. The van der Waals surface area contributed by atoms with Gasteiger partial charge in [0.15, 0.2) is 0 Å². The molecule has 9 heteroatoms. The SMILES string of the molecule is O=C(c1ccc(O)cc1OC[C@@H](O)CN1CCC2(CC1)OCc1cc(Cl)ccc12)N1CCC(O)CC1. The Kier molecular flexibility index (Phi) is 7.42. The lowest BCUT2D eigenvalue weighted by molar-refractivity contribution is -0.0835. The Morgan fingerprint density at radius 2 is 1.89 bits per heavy atom. The second-order valence-corrected chi connectivity index (χ2v) is 10.5. The summed E-state index contributed by atoms with van der Waals surface area (Å²) in [6.07, 6.45) is 1.62. The van der Waals surface area contributed by atoms with E-state index in [0.717, 1.165) is 36.5 Å². The largest absolute Gasteiger partial charge is 0.508 e. The number of phenols is 1. The first-order valence-electron chi connectivity index (χ1n) is 12.6. The van der Waals surface area contributed by atoms with Crippen molar-refractivity contribution in [3.05, 3.63) is 58.1 Å². The predicted molar refractivity (Wildman–Crippen MR) is 134 cm³/mol. The minimum absolute atomic E-state index is 0.00191. The van der Waals surface area contributed by atoms with E-state index in [2.05, 4.69) is 11.0 Å². The third kappa shape index (κ3) is 5.33. The standard InChI is InChI=1S/C27H33ClN2O6/c28-19-1-4-24-18(13-19)16-36-27(24)7-11-29(12-8-27)15-22(33)17-35-25-14-21(32)2-3-23(25)26(34)30-9-5-20(31)6-10-30/h1-4,13-14,20,22,31-33H,5-12,15-17H2/t22-/m0/s1. The van der Waals surface area contributed by atoms with Crippen LogP contribution < -0.4 is 4.74 Å². The summed E-state index contributed by atoms with van der Waals surface area (Å²) >= 11 is 6.14. The maximum atomic E-state index is 13.0. The molecule has 36 heavy (non-hydrogen) atoms. The first kappa shape index (κ1) is 25.3. The summed E-state index contributed by atoms with van der Waals surface area (Å²) in [6, 6.07) is 10.4. The highest BCUT2D eigenvalue weighted by molar-refractivity contribution is 6.30. The topological polar surface area (TPSA) is 103 Å². The monoisotopic (exact) mass is 516 g/mol. The van der Waals surface area contributed by atoms with Crippen LogP contribution in [0, 0.1) is 0 Å². The molecule has 0 bridgehead atoms. The number of piperidine rings is 2. The summed E-state index contributed by atoms with van der Waals surface area (Å²) in [5.41, 5.74) is 2.44. The average Bonchev–Trinajstić information content (AvgIpc) is 3.21. The summed E-state index contributed by atoms with van der Waals surface area (Å²) in [5, 5.41) is 31.1. The molecule has 0 unspecified atom stereocenters. The highest BCUT2D eigenvalue weighted by Crippen LogP contribution is 2.44. The van der Waals surface area contributed by atoms with Gasteiger partial charge in [0.2, 0.25) is 0 Å². The van der Waals surface area contributed by atoms with Gasteiger partial charge < -0.3 is 34.6 Å². The zero-order valence-corrected chi connectivity index (χ0v) is 21.0. The van der Waals surface area contributed by atoms with Crippen LogP contribution in [0.5, 0.6) is 11.5 Å². The quantitative estimate of drug-likeness (QED) is 0.542. The molecule has 8 nitrogen and oxygen atoms in total.